The number of rotatable bonds is 5. The second-order valence-corrected chi connectivity index (χ2v) is 9.36. The molecule has 2 aromatic carbocycles. The van der Waals surface area contributed by atoms with Crippen LogP contribution in [0.1, 0.15) is 30.7 Å². The zero-order valence-corrected chi connectivity index (χ0v) is 20.6. The molecule has 8 heteroatoms. The molecule has 4 aromatic rings. The zero-order valence-electron chi connectivity index (χ0n) is 19.0. The van der Waals surface area contributed by atoms with E-state index in [1.165, 1.54) is 18.4 Å². The van der Waals surface area contributed by atoms with Gasteiger partial charge in [-0.1, -0.05) is 72.3 Å². The quantitative estimate of drug-likeness (QED) is 0.369. The Morgan fingerprint density at radius 3 is 2.69 bits per heavy atom. The summed E-state index contributed by atoms with van der Waals surface area (Å²) in [6.45, 7) is 1.93. The van der Waals surface area contributed by atoms with Crippen LogP contribution in [0.2, 0.25) is 5.02 Å². The molecule has 0 N–H and O–H groups in total. The van der Waals surface area contributed by atoms with Crippen LogP contribution in [-0.4, -0.2) is 17.6 Å². The summed E-state index contributed by atoms with van der Waals surface area (Å²) < 4.78 is 13.1. The SMILES string of the molecule is CCC1=C(C(=O)OC)[C@@H](c2ccccc2)n2c(s/c(=C\c3ccc(-c4cccc(Cl)c4)o3)c2=O)=N1. The van der Waals surface area contributed by atoms with Crippen molar-refractivity contribution in [3.05, 3.63) is 114 Å². The molecule has 3 heterocycles. The Bertz CT molecular complexity index is 1630. The Morgan fingerprint density at radius 1 is 1.17 bits per heavy atom. The number of hydrogen-bond donors (Lipinski definition) is 0. The molecule has 1 atom stereocenters. The lowest BCUT2D eigenvalue weighted by atomic mass is 9.95. The number of methoxy groups -OCH3 is 1. The van der Waals surface area contributed by atoms with Crippen molar-refractivity contribution in [2.24, 2.45) is 4.99 Å². The lowest BCUT2D eigenvalue weighted by Gasteiger charge is -2.25. The number of allylic oxidation sites excluding steroid dienone is 1. The third-order valence-electron chi connectivity index (χ3n) is 5.77. The lowest BCUT2D eigenvalue weighted by Crippen LogP contribution is -2.40. The average molecular weight is 505 g/mol. The van der Waals surface area contributed by atoms with Crippen molar-refractivity contribution >= 4 is 35.0 Å². The van der Waals surface area contributed by atoms with E-state index < -0.39 is 12.0 Å². The van der Waals surface area contributed by atoms with Gasteiger partial charge in [-0.2, -0.15) is 0 Å². The van der Waals surface area contributed by atoms with E-state index in [1.807, 2.05) is 61.5 Å². The third kappa shape index (κ3) is 4.29. The lowest BCUT2D eigenvalue weighted by molar-refractivity contribution is -0.136. The van der Waals surface area contributed by atoms with Crippen LogP contribution >= 0.6 is 22.9 Å². The van der Waals surface area contributed by atoms with Crippen molar-refractivity contribution < 1.29 is 13.9 Å². The van der Waals surface area contributed by atoms with Gasteiger partial charge < -0.3 is 9.15 Å². The summed E-state index contributed by atoms with van der Waals surface area (Å²) in [5.74, 6) is 0.685. The van der Waals surface area contributed by atoms with Gasteiger partial charge in [0.2, 0.25) is 0 Å². The van der Waals surface area contributed by atoms with Gasteiger partial charge in [0.15, 0.2) is 4.80 Å². The Morgan fingerprint density at radius 2 is 1.97 bits per heavy atom. The Labute approximate surface area is 210 Å². The number of aromatic nitrogens is 1. The Balaban J connectivity index is 1.66. The smallest absolute Gasteiger partial charge is 0.338 e. The van der Waals surface area contributed by atoms with Crippen molar-refractivity contribution in [2.75, 3.05) is 7.11 Å². The van der Waals surface area contributed by atoms with Crippen LogP contribution in [0.5, 0.6) is 0 Å². The minimum absolute atomic E-state index is 0.250. The van der Waals surface area contributed by atoms with Crippen molar-refractivity contribution in [1.82, 2.24) is 4.57 Å². The maximum atomic E-state index is 13.6. The summed E-state index contributed by atoms with van der Waals surface area (Å²) in [5.41, 5.74) is 2.39. The second kappa shape index (κ2) is 9.52. The van der Waals surface area contributed by atoms with E-state index in [9.17, 15) is 9.59 Å². The first kappa shape index (κ1) is 23.1. The van der Waals surface area contributed by atoms with E-state index in [4.69, 9.17) is 20.8 Å². The average Bonchev–Trinajstić information content (AvgIpc) is 3.47. The van der Waals surface area contributed by atoms with Crippen LogP contribution in [0, 0.1) is 0 Å². The van der Waals surface area contributed by atoms with Gasteiger partial charge >= 0.3 is 5.97 Å². The molecule has 0 spiro atoms. The number of hydrogen-bond acceptors (Lipinski definition) is 6. The number of ether oxygens (including phenoxy) is 1. The first-order valence-corrected chi connectivity index (χ1v) is 12.2. The molecule has 1 aliphatic heterocycles. The van der Waals surface area contributed by atoms with Crippen LogP contribution in [-0.2, 0) is 9.53 Å². The zero-order chi connectivity index (χ0) is 24.5. The van der Waals surface area contributed by atoms with Crippen molar-refractivity contribution in [2.45, 2.75) is 19.4 Å². The van der Waals surface area contributed by atoms with Crippen molar-refractivity contribution in [3.8, 4) is 11.3 Å². The van der Waals surface area contributed by atoms with Crippen LogP contribution in [0.25, 0.3) is 17.4 Å². The van der Waals surface area contributed by atoms with Gasteiger partial charge in [0.25, 0.3) is 5.56 Å². The molecular weight excluding hydrogens is 484 g/mol. The monoisotopic (exact) mass is 504 g/mol. The molecule has 2 aromatic heterocycles. The van der Waals surface area contributed by atoms with E-state index >= 15 is 0 Å². The second-order valence-electron chi connectivity index (χ2n) is 7.91. The molecule has 0 unspecified atom stereocenters. The maximum Gasteiger partial charge on any atom is 0.338 e. The maximum absolute atomic E-state index is 13.6. The van der Waals surface area contributed by atoms with Crippen LogP contribution in [0.15, 0.2) is 92.2 Å². The first-order valence-electron chi connectivity index (χ1n) is 11.0. The van der Waals surface area contributed by atoms with Gasteiger partial charge in [-0.3, -0.25) is 9.36 Å². The topological polar surface area (TPSA) is 73.8 Å². The number of fused-ring (bicyclic) bond motifs is 1. The number of thiazole rings is 1. The molecule has 0 fully saturated rings. The van der Waals surface area contributed by atoms with Gasteiger partial charge in [-0.25, -0.2) is 9.79 Å². The van der Waals surface area contributed by atoms with Gasteiger partial charge in [-0.05, 0) is 36.2 Å². The molecule has 0 aliphatic carbocycles. The highest BCUT2D eigenvalue weighted by atomic mass is 35.5. The summed E-state index contributed by atoms with van der Waals surface area (Å²) in [7, 11) is 1.34. The fraction of sp³-hybridized carbons (Fsp3) is 0.148. The molecule has 0 amide bonds. The molecule has 0 saturated carbocycles. The van der Waals surface area contributed by atoms with Crippen LogP contribution in [0.3, 0.4) is 0 Å². The summed E-state index contributed by atoms with van der Waals surface area (Å²) in [6, 6.07) is 19.8. The number of carbonyl (C=O) groups excluding carboxylic acids is 1. The van der Waals surface area contributed by atoms with Gasteiger partial charge in [-0.15, -0.1) is 0 Å². The molecule has 35 heavy (non-hydrogen) atoms. The van der Waals surface area contributed by atoms with Gasteiger partial charge in [0.05, 0.1) is 29.0 Å². The van der Waals surface area contributed by atoms with Crippen molar-refractivity contribution in [3.63, 3.8) is 0 Å². The van der Waals surface area contributed by atoms with Gasteiger partial charge in [0, 0.05) is 16.7 Å². The number of carbonyl (C=O) groups is 1. The van der Waals surface area contributed by atoms with E-state index in [2.05, 4.69) is 4.99 Å². The minimum Gasteiger partial charge on any atom is -0.466 e. The molecule has 5 rings (SSSR count). The molecular formula is C27H21ClN2O4S. The van der Waals surface area contributed by atoms with E-state index in [1.54, 1.807) is 22.8 Å². The van der Waals surface area contributed by atoms with Crippen LogP contribution in [0.4, 0.5) is 0 Å². The fourth-order valence-electron chi connectivity index (χ4n) is 4.17. The molecule has 6 nitrogen and oxygen atoms in total. The van der Waals surface area contributed by atoms with E-state index in [0.717, 1.165) is 11.1 Å². The normalized spacial score (nSPS) is 15.6. The predicted octanol–water partition coefficient (Wildman–Crippen LogP) is 4.71. The van der Waals surface area contributed by atoms with E-state index in [-0.39, 0.29) is 5.56 Å². The molecule has 0 bridgehead atoms. The Hall–Kier alpha value is -3.68. The highest BCUT2D eigenvalue weighted by Gasteiger charge is 2.33. The highest BCUT2D eigenvalue weighted by molar-refractivity contribution is 7.07. The standard InChI is InChI=1S/C27H21ClN2O4S/c1-3-20-23(26(32)33-2)24(16-8-5-4-6-9-16)30-25(31)22(35-27(30)29-20)15-19-12-13-21(34-19)17-10-7-11-18(28)14-17/h4-15,24H,3H2,1-2H3/b22-15-/t24-/m1/s1. The fourth-order valence-corrected chi connectivity index (χ4v) is 5.36. The highest BCUT2D eigenvalue weighted by Crippen LogP contribution is 2.31. The van der Waals surface area contributed by atoms with Gasteiger partial charge in [0.1, 0.15) is 11.5 Å². The number of benzene rings is 2. The molecule has 1 aliphatic rings. The van der Waals surface area contributed by atoms with Crippen molar-refractivity contribution in [1.29, 1.82) is 0 Å². The molecule has 0 saturated heterocycles. The molecule has 176 valence electrons. The third-order valence-corrected chi connectivity index (χ3v) is 6.99. The van der Waals surface area contributed by atoms with Crippen LogP contribution < -0.4 is 14.9 Å². The first-order chi connectivity index (χ1) is 17.0. The largest absolute Gasteiger partial charge is 0.466 e. The number of halogens is 1. The summed E-state index contributed by atoms with van der Waals surface area (Å²) in [4.78, 5) is 31.6. The minimum atomic E-state index is -0.629. The predicted molar refractivity (Wildman–Crippen MR) is 136 cm³/mol. The summed E-state index contributed by atoms with van der Waals surface area (Å²) in [6.07, 6.45) is 2.23. The summed E-state index contributed by atoms with van der Waals surface area (Å²) in [5, 5.41) is 0.614. The van der Waals surface area contributed by atoms with E-state index in [0.29, 0.717) is 43.6 Å². The number of esters is 1. The summed E-state index contributed by atoms with van der Waals surface area (Å²) >= 11 is 7.37. The molecule has 0 radical (unpaired) electrons. The Kier molecular flexibility index (Phi) is 6.28. The number of nitrogens with zero attached hydrogens (tertiary/aromatic N) is 2. The number of furan rings is 1.